The minimum Gasteiger partial charge on any atom is -0.490 e. The van der Waals surface area contributed by atoms with E-state index in [2.05, 4.69) is 6.07 Å². The Morgan fingerprint density at radius 1 is 1.41 bits per heavy atom. The first-order valence-corrected chi connectivity index (χ1v) is 5.96. The summed E-state index contributed by atoms with van der Waals surface area (Å²) in [4.78, 5) is 0. The third kappa shape index (κ3) is 2.78. The molecule has 1 aliphatic heterocycles. The number of hydrogen-bond donors (Lipinski definition) is 0. The highest BCUT2D eigenvalue weighted by Crippen LogP contribution is 2.25. The molecule has 1 saturated heterocycles. The second-order valence-electron chi connectivity index (χ2n) is 4.50. The molecule has 3 heteroatoms. The fourth-order valence-corrected chi connectivity index (χ4v) is 2.19. The highest BCUT2D eigenvalue weighted by molar-refractivity contribution is 5.47. The van der Waals surface area contributed by atoms with Gasteiger partial charge in [-0.3, -0.25) is 0 Å². The predicted molar refractivity (Wildman–Crippen MR) is 65.1 cm³/mol. The molecule has 0 radical (unpaired) electrons. The van der Waals surface area contributed by atoms with Crippen LogP contribution >= 0.6 is 0 Å². The average Bonchev–Trinajstić information content (AvgIpc) is 2.80. The second-order valence-corrected chi connectivity index (χ2v) is 4.50. The maximum atomic E-state index is 8.87. The molecule has 1 aliphatic rings. The summed E-state index contributed by atoms with van der Waals surface area (Å²) in [7, 11) is 0. The first-order valence-electron chi connectivity index (χ1n) is 5.96. The van der Waals surface area contributed by atoms with Crippen LogP contribution in [0.25, 0.3) is 0 Å². The summed E-state index contributed by atoms with van der Waals surface area (Å²) in [6.07, 6.45) is 2.43. The van der Waals surface area contributed by atoms with Gasteiger partial charge in [0.05, 0.1) is 17.7 Å². The molecule has 1 unspecified atom stereocenters. The third-order valence-electron chi connectivity index (χ3n) is 3.03. The Hall–Kier alpha value is -1.53. The number of nitrogens with zero attached hydrogens (tertiary/aromatic N) is 1. The van der Waals surface area contributed by atoms with Crippen LogP contribution in [0.5, 0.6) is 5.75 Å². The zero-order chi connectivity index (χ0) is 12.3. The van der Waals surface area contributed by atoms with Crippen LogP contribution in [-0.4, -0.2) is 19.3 Å². The number of hydrogen-bond acceptors (Lipinski definition) is 3. The molecule has 0 saturated carbocycles. The summed E-state index contributed by atoms with van der Waals surface area (Å²) in [6, 6.07) is 5.87. The molecule has 1 atom stereocenters. The summed E-state index contributed by atoms with van der Waals surface area (Å²) < 4.78 is 11.3. The van der Waals surface area contributed by atoms with Crippen molar-refractivity contribution in [2.24, 2.45) is 0 Å². The van der Waals surface area contributed by atoms with E-state index >= 15 is 0 Å². The van der Waals surface area contributed by atoms with Gasteiger partial charge in [-0.05, 0) is 49.9 Å². The first-order chi connectivity index (χ1) is 8.20. The molecule has 0 amide bonds. The Kier molecular flexibility index (Phi) is 3.65. The fourth-order valence-electron chi connectivity index (χ4n) is 2.19. The highest BCUT2D eigenvalue weighted by Gasteiger charge is 2.17. The van der Waals surface area contributed by atoms with E-state index in [9.17, 15) is 0 Å². The molecule has 1 aromatic rings. The van der Waals surface area contributed by atoms with Gasteiger partial charge in [-0.25, -0.2) is 0 Å². The lowest BCUT2D eigenvalue weighted by Crippen LogP contribution is -2.17. The van der Waals surface area contributed by atoms with E-state index in [1.54, 1.807) is 0 Å². The van der Waals surface area contributed by atoms with Crippen molar-refractivity contribution in [1.82, 2.24) is 0 Å². The largest absolute Gasteiger partial charge is 0.490 e. The zero-order valence-electron chi connectivity index (χ0n) is 10.3. The molecule has 0 bridgehead atoms. The fraction of sp³-hybridized carbons (Fsp3) is 0.500. The number of aryl methyl sites for hydroxylation is 2. The molecule has 90 valence electrons. The molecular formula is C14H17NO2. The van der Waals surface area contributed by atoms with Gasteiger partial charge in [0, 0.05) is 6.61 Å². The van der Waals surface area contributed by atoms with Crippen molar-refractivity contribution in [3.05, 3.63) is 28.8 Å². The lowest BCUT2D eigenvalue weighted by atomic mass is 10.1. The van der Waals surface area contributed by atoms with E-state index in [0.29, 0.717) is 12.2 Å². The second kappa shape index (κ2) is 5.20. The normalized spacial score (nSPS) is 19.0. The van der Waals surface area contributed by atoms with E-state index < -0.39 is 0 Å². The van der Waals surface area contributed by atoms with Crippen LogP contribution in [0.15, 0.2) is 12.1 Å². The minimum atomic E-state index is 0.226. The summed E-state index contributed by atoms with van der Waals surface area (Å²) in [5, 5.41) is 8.87. The van der Waals surface area contributed by atoms with Crippen LogP contribution in [-0.2, 0) is 4.74 Å². The van der Waals surface area contributed by atoms with Gasteiger partial charge in [0.25, 0.3) is 0 Å². The minimum absolute atomic E-state index is 0.226. The molecule has 0 N–H and O–H groups in total. The number of benzene rings is 1. The Balaban J connectivity index is 2.07. The Labute approximate surface area is 102 Å². The third-order valence-corrected chi connectivity index (χ3v) is 3.03. The van der Waals surface area contributed by atoms with Crippen molar-refractivity contribution >= 4 is 0 Å². The van der Waals surface area contributed by atoms with Crippen molar-refractivity contribution in [2.45, 2.75) is 32.8 Å². The van der Waals surface area contributed by atoms with E-state index in [4.69, 9.17) is 14.7 Å². The number of ether oxygens (including phenoxy) is 2. The SMILES string of the molecule is Cc1cc(C#N)cc(C)c1OCC1CCCO1. The molecule has 1 fully saturated rings. The molecule has 0 aliphatic carbocycles. The first kappa shape index (κ1) is 11.9. The van der Waals surface area contributed by atoms with E-state index in [1.165, 1.54) is 0 Å². The lowest BCUT2D eigenvalue weighted by molar-refractivity contribution is 0.0675. The van der Waals surface area contributed by atoms with Crippen LogP contribution in [0.2, 0.25) is 0 Å². The van der Waals surface area contributed by atoms with Crippen molar-refractivity contribution in [3.8, 4) is 11.8 Å². The van der Waals surface area contributed by atoms with Gasteiger partial charge < -0.3 is 9.47 Å². The van der Waals surface area contributed by atoms with Gasteiger partial charge >= 0.3 is 0 Å². The van der Waals surface area contributed by atoms with Crippen LogP contribution in [0.3, 0.4) is 0 Å². The molecule has 3 nitrogen and oxygen atoms in total. The van der Waals surface area contributed by atoms with E-state index in [1.807, 2.05) is 26.0 Å². The molecule has 0 aromatic heterocycles. The predicted octanol–water partition coefficient (Wildman–Crippen LogP) is 2.73. The highest BCUT2D eigenvalue weighted by atomic mass is 16.5. The smallest absolute Gasteiger partial charge is 0.125 e. The average molecular weight is 231 g/mol. The van der Waals surface area contributed by atoms with Gasteiger partial charge in [-0.2, -0.15) is 5.26 Å². The summed E-state index contributed by atoms with van der Waals surface area (Å²) in [5.74, 6) is 0.888. The number of rotatable bonds is 3. The Morgan fingerprint density at radius 3 is 2.65 bits per heavy atom. The van der Waals surface area contributed by atoms with Gasteiger partial charge in [-0.15, -0.1) is 0 Å². The van der Waals surface area contributed by atoms with Crippen molar-refractivity contribution in [1.29, 1.82) is 5.26 Å². The lowest BCUT2D eigenvalue weighted by Gasteiger charge is -2.15. The van der Waals surface area contributed by atoms with Gasteiger partial charge in [0.1, 0.15) is 12.4 Å². The molecule has 1 aromatic carbocycles. The summed E-state index contributed by atoms with van der Waals surface area (Å²) in [5.41, 5.74) is 2.71. The van der Waals surface area contributed by atoms with Gasteiger partial charge in [-0.1, -0.05) is 0 Å². The van der Waals surface area contributed by atoms with Crippen LogP contribution in [0.4, 0.5) is 0 Å². The number of nitriles is 1. The Bertz CT molecular complexity index is 419. The van der Waals surface area contributed by atoms with Crippen LogP contribution in [0.1, 0.15) is 29.5 Å². The Morgan fingerprint density at radius 2 is 2.12 bits per heavy atom. The summed E-state index contributed by atoms with van der Waals surface area (Å²) >= 11 is 0. The zero-order valence-corrected chi connectivity index (χ0v) is 10.3. The monoisotopic (exact) mass is 231 g/mol. The quantitative estimate of drug-likeness (QED) is 0.803. The molecule has 0 spiro atoms. The molecule has 17 heavy (non-hydrogen) atoms. The maximum Gasteiger partial charge on any atom is 0.125 e. The van der Waals surface area contributed by atoms with E-state index in [0.717, 1.165) is 36.3 Å². The standard InChI is InChI=1S/C14H17NO2/c1-10-6-12(8-15)7-11(2)14(10)17-9-13-4-3-5-16-13/h6-7,13H,3-5,9H2,1-2H3. The maximum absolute atomic E-state index is 8.87. The van der Waals surface area contributed by atoms with Crippen LogP contribution < -0.4 is 4.74 Å². The van der Waals surface area contributed by atoms with E-state index in [-0.39, 0.29) is 6.10 Å². The summed E-state index contributed by atoms with van der Waals surface area (Å²) in [6.45, 7) is 5.39. The molecular weight excluding hydrogens is 214 g/mol. The molecule has 1 heterocycles. The van der Waals surface area contributed by atoms with Gasteiger partial charge in [0.15, 0.2) is 0 Å². The molecule has 2 rings (SSSR count). The van der Waals surface area contributed by atoms with Crippen LogP contribution in [0, 0.1) is 25.2 Å². The topological polar surface area (TPSA) is 42.2 Å². The van der Waals surface area contributed by atoms with Crippen molar-refractivity contribution in [2.75, 3.05) is 13.2 Å². The van der Waals surface area contributed by atoms with Crippen molar-refractivity contribution in [3.63, 3.8) is 0 Å². The van der Waals surface area contributed by atoms with Gasteiger partial charge in [0.2, 0.25) is 0 Å². The van der Waals surface area contributed by atoms with Crippen molar-refractivity contribution < 1.29 is 9.47 Å².